The summed E-state index contributed by atoms with van der Waals surface area (Å²) in [5.74, 6) is -0.748. The van der Waals surface area contributed by atoms with E-state index in [4.69, 9.17) is 5.11 Å². The molecule has 0 saturated heterocycles. The van der Waals surface area contributed by atoms with Crippen molar-refractivity contribution in [2.45, 2.75) is 34.6 Å². The van der Waals surface area contributed by atoms with Gasteiger partial charge in [0.25, 0.3) is 0 Å². The van der Waals surface area contributed by atoms with Gasteiger partial charge >= 0.3 is 5.97 Å². The van der Waals surface area contributed by atoms with Gasteiger partial charge in [0.05, 0.1) is 5.92 Å². The van der Waals surface area contributed by atoms with Gasteiger partial charge in [-0.3, -0.25) is 4.79 Å². The normalized spacial score (nSPS) is 17.5. The van der Waals surface area contributed by atoms with Crippen molar-refractivity contribution < 1.29 is 9.90 Å². The van der Waals surface area contributed by atoms with Crippen molar-refractivity contribution in [3.63, 3.8) is 0 Å². The Bertz CT molecular complexity index is 144. The Morgan fingerprint density at radius 2 is 1.64 bits per heavy atom. The van der Waals surface area contributed by atoms with Crippen molar-refractivity contribution >= 4 is 5.97 Å². The number of carboxylic acid groups (broad SMARTS) is 1. The molecule has 0 spiro atoms. The molecule has 2 heteroatoms. The van der Waals surface area contributed by atoms with Crippen LogP contribution in [0.15, 0.2) is 0 Å². The van der Waals surface area contributed by atoms with Crippen LogP contribution in [-0.4, -0.2) is 11.1 Å². The van der Waals surface area contributed by atoms with E-state index in [9.17, 15) is 4.79 Å². The number of carboxylic acids is 1. The second-order valence-electron chi connectivity index (χ2n) is 4.28. The first kappa shape index (κ1) is 10.5. The Hall–Kier alpha value is -0.530. The van der Waals surface area contributed by atoms with Crippen LogP contribution in [0.2, 0.25) is 0 Å². The molecule has 0 aromatic rings. The van der Waals surface area contributed by atoms with Crippen molar-refractivity contribution in [3.8, 4) is 0 Å². The van der Waals surface area contributed by atoms with E-state index in [2.05, 4.69) is 20.8 Å². The molecule has 0 radical (unpaired) electrons. The summed E-state index contributed by atoms with van der Waals surface area (Å²) in [6, 6.07) is 0. The van der Waals surface area contributed by atoms with E-state index in [0.29, 0.717) is 0 Å². The Balaban J connectivity index is 4.25. The molecule has 0 amide bonds. The average molecular weight is 158 g/mol. The fraction of sp³-hybridized carbons (Fsp3) is 0.889. The summed E-state index contributed by atoms with van der Waals surface area (Å²) < 4.78 is 0. The summed E-state index contributed by atoms with van der Waals surface area (Å²) >= 11 is 0. The molecule has 0 aliphatic heterocycles. The zero-order valence-corrected chi connectivity index (χ0v) is 8.01. The van der Waals surface area contributed by atoms with Crippen LogP contribution in [0, 0.1) is 17.3 Å². The molecule has 0 heterocycles. The van der Waals surface area contributed by atoms with Gasteiger partial charge in [0, 0.05) is 0 Å². The standard InChI is InChI=1S/C9H18O2/c1-6(8(10)11)7(2)9(3,4)5/h6-7H,1-5H3,(H,10,11)/t6-,7-/m0/s1. The quantitative estimate of drug-likeness (QED) is 0.670. The summed E-state index contributed by atoms with van der Waals surface area (Å²) in [6.45, 7) is 9.95. The fourth-order valence-electron chi connectivity index (χ4n) is 0.964. The highest BCUT2D eigenvalue weighted by atomic mass is 16.4. The fourth-order valence-corrected chi connectivity index (χ4v) is 0.964. The number of hydrogen-bond donors (Lipinski definition) is 1. The molecule has 0 fully saturated rings. The molecule has 0 saturated carbocycles. The first-order chi connectivity index (χ1) is 4.76. The Kier molecular flexibility index (Phi) is 3.09. The third-order valence-electron chi connectivity index (χ3n) is 2.51. The third-order valence-corrected chi connectivity index (χ3v) is 2.51. The first-order valence-corrected chi connectivity index (χ1v) is 3.99. The highest BCUT2D eigenvalue weighted by Gasteiger charge is 2.29. The van der Waals surface area contributed by atoms with Gasteiger partial charge in [-0.05, 0) is 11.3 Å². The van der Waals surface area contributed by atoms with Crippen LogP contribution in [0.25, 0.3) is 0 Å². The maximum absolute atomic E-state index is 10.6. The summed E-state index contributed by atoms with van der Waals surface area (Å²) in [6.07, 6.45) is 0. The highest BCUT2D eigenvalue weighted by molar-refractivity contribution is 5.69. The number of hydrogen-bond acceptors (Lipinski definition) is 1. The molecule has 66 valence electrons. The first-order valence-electron chi connectivity index (χ1n) is 3.99. The average Bonchev–Trinajstić information content (AvgIpc) is 1.82. The van der Waals surface area contributed by atoms with Gasteiger partial charge in [0.15, 0.2) is 0 Å². The van der Waals surface area contributed by atoms with E-state index in [1.807, 2.05) is 6.92 Å². The molecule has 11 heavy (non-hydrogen) atoms. The van der Waals surface area contributed by atoms with Crippen LogP contribution in [0.5, 0.6) is 0 Å². The molecule has 0 bridgehead atoms. The van der Waals surface area contributed by atoms with Gasteiger partial charge in [0.2, 0.25) is 0 Å². The van der Waals surface area contributed by atoms with E-state index in [1.165, 1.54) is 0 Å². The molecular weight excluding hydrogens is 140 g/mol. The Labute approximate surface area is 68.6 Å². The minimum Gasteiger partial charge on any atom is -0.481 e. The maximum Gasteiger partial charge on any atom is 0.306 e. The van der Waals surface area contributed by atoms with Crippen LogP contribution in [0.1, 0.15) is 34.6 Å². The lowest BCUT2D eigenvalue weighted by molar-refractivity contribution is -0.144. The second-order valence-corrected chi connectivity index (χ2v) is 4.28. The lowest BCUT2D eigenvalue weighted by Gasteiger charge is -2.30. The van der Waals surface area contributed by atoms with Crippen molar-refractivity contribution in [2.24, 2.45) is 17.3 Å². The molecule has 0 aromatic heterocycles. The molecule has 0 rings (SSSR count). The predicted octanol–water partition coefficient (Wildman–Crippen LogP) is 2.39. The highest BCUT2D eigenvalue weighted by Crippen LogP contribution is 2.31. The third kappa shape index (κ3) is 2.91. The number of carbonyl (C=O) groups is 1. The summed E-state index contributed by atoms with van der Waals surface area (Å²) in [4.78, 5) is 10.6. The molecule has 0 aliphatic rings. The van der Waals surface area contributed by atoms with Gasteiger partial charge in [-0.15, -0.1) is 0 Å². The van der Waals surface area contributed by atoms with Crippen molar-refractivity contribution in [3.05, 3.63) is 0 Å². The topological polar surface area (TPSA) is 37.3 Å². The summed E-state index contributed by atoms with van der Waals surface area (Å²) in [5, 5.41) is 8.72. The Morgan fingerprint density at radius 3 is 1.73 bits per heavy atom. The smallest absolute Gasteiger partial charge is 0.306 e. The minimum atomic E-state index is -0.701. The van der Waals surface area contributed by atoms with Gasteiger partial charge in [0.1, 0.15) is 0 Å². The van der Waals surface area contributed by atoms with Crippen molar-refractivity contribution in [1.82, 2.24) is 0 Å². The monoisotopic (exact) mass is 158 g/mol. The molecule has 0 aromatic carbocycles. The molecule has 0 aliphatic carbocycles. The summed E-state index contributed by atoms with van der Waals surface area (Å²) in [5.41, 5.74) is 0.0812. The number of rotatable bonds is 2. The second kappa shape index (κ2) is 3.24. The van der Waals surface area contributed by atoms with Crippen LogP contribution >= 0.6 is 0 Å². The molecule has 1 N–H and O–H groups in total. The molecule has 2 atom stereocenters. The molecule has 2 nitrogen and oxygen atoms in total. The van der Waals surface area contributed by atoms with E-state index >= 15 is 0 Å². The maximum atomic E-state index is 10.6. The largest absolute Gasteiger partial charge is 0.481 e. The predicted molar refractivity (Wildman–Crippen MR) is 45.4 cm³/mol. The number of aliphatic carboxylic acids is 1. The van der Waals surface area contributed by atoms with Gasteiger partial charge in [-0.25, -0.2) is 0 Å². The van der Waals surface area contributed by atoms with E-state index in [1.54, 1.807) is 6.92 Å². The van der Waals surface area contributed by atoms with Gasteiger partial charge < -0.3 is 5.11 Å². The van der Waals surface area contributed by atoms with E-state index < -0.39 is 5.97 Å². The van der Waals surface area contributed by atoms with Gasteiger partial charge in [-0.1, -0.05) is 34.6 Å². The van der Waals surface area contributed by atoms with E-state index in [-0.39, 0.29) is 17.3 Å². The van der Waals surface area contributed by atoms with Crippen LogP contribution in [-0.2, 0) is 4.79 Å². The van der Waals surface area contributed by atoms with Crippen molar-refractivity contribution in [2.75, 3.05) is 0 Å². The lowest BCUT2D eigenvalue weighted by Crippen LogP contribution is -2.28. The van der Waals surface area contributed by atoms with Crippen LogP contribution < -0.4 is 0 Å². The zero-order valence-electron chi connectivity index (χ0n) is 8.01. The van der Waals surface area contributed by atoms with E-state index in [0.717, 1.165) is 0 Å². The minimum absolute atomic E-state index is 0.0812. The molecular formula is C9H18O2. The van der Waals surface area contributed by atoms with Crippen LogP contribution in [0.4, 0.5) is 0 Å². The summed E-state index contributed by atoms with van der Waals surface area (Å²) in [7, 11) is 0. The SMILES string of the molecule is C[C@H](C(=O)O)[C@H](C)C(C)(C)C. The van der Waals surface area contributed by atoms with Crippen molar-refractivity contribution in [1.29, 1.82) is 0 Å². The Morgan fingerprint density at radius 1 is 1.27 bits per heavy atom. The van der Waals surface area contributed by atoms with Gasteiger partial charge in [-0.2, -0.15) is 0 Å². The zero-order chi connectivity index (χ0) is 9.23. The van der Waals surface area contributed by atoms with Crippen LogP contribution in [0.3, 0.4) is 0 Å². The molecule has 0 unspecified atom stereocenters. The lowest BCUT2D eigenvalue weighted by atomic mass is 9.75.